The molecule has 0 radical (unpaired) electrons. The summed E-state index contributed by atoms with van der Waals surface area (Å²) >= 11 is 0. The molecule has 0 bridgehead atoms. The number of imidazole rings is 1. The lowest BCUT2D eigenvalue weighted by Gasteiger charge is -2.15. The van der Waals surface area contributed by atoms with E-state index in [1.165, 1.54) is 0 Å². The van der Waals surface area contributed by atoms with Gasteiger partial charge in [-0.05, 0) is 36.2 Å². The molecule has 0 unspecified atom stereocenters. The number of pyridine rings is 1. The molecule has 0 atom stereocenters. The highest BCUT2D eigenvalue weighted by molar-refractivity contribution is 5.70. The van der Waals surface area contributed by atoms with Crippen molar-refractivity contribution in [3.8, 4) is 0 Å². The molecule has 2 heterocycles. The average Bonchev–Trinajstić information content (AvgIpc) is 2.94. The molecule has 0 saturated carbocycles. The lowest BCUT2D eigenvalue weighted by Crippen LogP contribution is -2.11. The van der Waals surface area contributed by atoms with E-state index in [1.807, 2.05) is 29.7 Å². The van der Waals surface area contributed by atoms with Crippen molar-refractivity contribution in [2.24, 2.45) is 10.2 Å². The summed E-state index contributed by atoms with van der Waals surface area (Å²) in [6.07, 6.45) is 1.94. The van der Waals surface area contributed by atoms with E-state index in [4.69, 9.17) is 10.1 Å². The van der Waals surface area contributed by atoms with Crippen LogP contribution in [0.1, 0.15) is 37.6 Å². The minimum atomic E-state index is -0.852. The lowest BCUT2D eigenvalue weighted by atomic mass is 9.92. The van der Waals surface area contributed by atoms with Crippen LogP contribution in [0.2, 0.25) is 0 Å². The Kier molecular flexibility index (Phi) is 4.59. The maximum atomic E-state index is 10.8. The molecule has 6 nitrogen and oxygen atoms in total. The first-order valence-corrected chi connectivity index (χ1v) is 8.46. The summed E-state index contributed by atoms with van der Waals surface area (Å²) in [7, 11) is 0. The highest BCUT2D eigenvalue weighted by Gasteiger charge is 2.24. The fraction of sp³-hybridized carbons (Fsp3) is 0.300. The SMILES string of the molecule is Cc1cccn2c(N=Nc3ccc(CC(=O)O)cc3)c(C(C)(C)C)nc12. The van der Waals surface area contributed by atoms with Crippen molar-refractivity contribution in [3.05, 3.63) is 59.4 Å². The van der Waals surface area contributed by atoms with Gasteiger partial charge in [0.1, 0.15) is 5.65 Å². The van der Waals surface area contributed by atoms with E-state index < -0.39 is 5.97 Å². The maximum Gasteiger partial charge on any atom is 0.307 e. The second-order valence-electron chi connectivity index (χ2n) is 7.36. The summed E-state index contributed by atoms with van der Waals surface area (Å²) in [5, 5.41) is 17.7. The van der Waals surface area contributed by atoms with E-state index in [0.717, 1.165) is 22.5 Å². The molecule has 0 saturated heterocycles. The summed E-state index contributed by atoms with van der Waals surface area (Å²) in [4.78, 5) is 15.6. The Morgan fingerprint density at radius 3 is 2.46 bits per heavy atom. The van der Waals surface area contributed by atoms with Crippen molar-refractivity contribution < 1.29 is 9.90 Å². The first-order chi connectivity index (χ1) is 12.3. The first-order valence-electron chi connectivity index (χ1n) is 8.46. The van der Waals surface area contributed by atoms with E-state index in [0.29, 0.717) is 11.5 Å². The van der Waals surface area contributed by atoms with Crippen molar-refractivity contribution in [3.63, 3.8) is 0 Å². The van der Waals surface area contributed by atoms with E-state index in [-0.39, 0.29) is 11.8 Å². The summed E-state index contributed by atoms with van der Waals surface area (Å²) in [5.74, 6) is -0.138. The molecule has 134 valence electrons. The number of rotatable bonds is 4. The van der Waals surface area contributed by atoms with Crippen LogP contribution in [0.5, 0.6) is 0 Å². The molecule has 6 heteroatoms. The van der Waals surface area contributed by atoms with Gasteiger partial charge in [0.2, 0.25) is 0 Å². The van der Waals surface area contributed by atoms with Crippen LogP contribution in [0.15, 0.2) is 52.8 Å². The Morgan fingerprint density at radius 2 is 1.85 bits per heavy atom. The van der Waals surface area contributed by atoms with Gasteiger partial charge in [0.15, 0.2) is 5.82 Å². The van der Waals surface area contributed by atoms with E-state index in [2.05, 4.69) is 31.0 Å². The predicted octanol–water partition coefficient (Wildman–Crippen LogP) is 4.98. The molecule has 0 spiro atoms. The highest BCUT2D eigenvalue weighted by atomic mass is 16.4. The number of nitrogens with zero attached hydrogens (tertiary/aromatic N) is 4. The fourth-order valence-electron chi connectivity index (χ4n) is 2.75. The minimum Gasteiger partial charge on any atom is -0.481 e. The number of carboxylic acid groups (broad SMARTS) is 1. The molecule has 1 aromatic carbocycles. The number of carbonyl (C=O) groups is 1. The van der Waals surface area contributed by atoms with Crippen molar-refractivity contribution in [2.45, 2.75) is 39.5 Å². The second-order valence-corrected chi connectivity index (χ2v) is 7.36. The monoisotopic (exact) mass is 350 g/mol. The normalized spacial score (nSPS) is 12.2. The van der Waals surface area contributed by atoms with Crippen LogP contribution in [0.4, 0.5) is 11.5 Å². The molecule has 0 fully saturated rings. The van der Waals surface area contributed by atoms with Gasteiger partial charge in [-0.2, -0.15) is 0 Å². The summed E-state index contributed by atoms with van der Waals surface area (Å²) < 4.78 is 1.96. The predicted molar refractivity (Wildman–Crippen MR) is 101 cm³/mol. The average molecular weight is 350 g/mol. The molecule has 0 aliphatic heterocycles. The zero-order chi connectivity index (χ0) is 18.9. The van der Waals surface area contributed by atoms with E-state index >= 15 is 0 Å². The van der Waals surface area contributed by atoms with E-state index in [1.54, 1.807) is 24.3 Å². The number of aryl methyl sites for hydroxylation is 1. The minimum absolute atomic E-state index is 0.00185. The van der Waals surface area contributed by atoms with Gasteiger partial charge < -0.3 is 5.11 Å². The van der Waals surface area contributed by atoms with E-state index in [9.17, 15) is 4.79 Å². The van der Waals surface area contributed by atoms with Crippen molar-refractivity contribution in [2.75, 3.05) is 0 Å². The van der Waals surface area contributed by atoms with Gasteiger partial charge in [0, 0.05) is 11.6 Å². The summed E-state index contributed by atoms with van der Waals surface area (Å²) in [5.41, 5.74) is 4.08. The standard InChI is InChI=1S/C20H22N4O2/c1-13-6-5-11-24-18(13)21-17(20(2,3)4)19(24)23-22-15-9-7-14(8-10-15)12-16(25)26/h5-11H,12H2,1-4H3,(H,25,26). The van der Waals surface area contributed by atoms with Gasteiger partial charge in [-0.15, -0.1) is 10.2 Å². The van der Waals surface area contributed by atoms with Crippen LogP contribution >= 0.6 is 0 Å². The Morgan fingerprint density at radius 1 is 1.15 bits per heavy atom. The maximum absolute atomic E-state index is 10.8. The first kappa shape index (κ1) is 17.8. The third-order valence-corrected chi connectivity index (χ3v) is 4.08. The topological polar surface area (TPSA) is 79.3 Å². The number of aromatic nitrogens is 2. The molecule has 0 aliphatic carbocycles. The second kappa shape index (κ2) is 6.71. The van der Waals surface area contributed by atoms with Gasteiger partial charge in [-0.1, -0.05) is 39.0 Å². The van der Waals surface area contributed by atoms with Gasteiger partial charge in [-0.3, -0.25) is 9.20 Å². The molecule has 0 aliphatic rings. The quantitative estimate of drug-likeness (QED) is 0.674. The molecule has 3 rings (SSSR count). The number of hydrogen-bond donors (Lipinski definition) is 1. The Balaban J connectivity index is 2.01. The Hall–Kier alpha value is -3.02. The van der Waals surface area contributed by atoms with Crippen LogP contribution in [0.25, 0.3) is 5.65 Å². The van der Waals surface area contributed by atoms with Crippen molar-refractivity contribution >= 4 is 23.1 Å². The molecular formula is C20H22N4O2. The van der Waals surface area contributed by atoms with Gasteiger partial charge in [-0.25, -0.2) is 4.98 Å². The van der Waals surface area contributed by atoms with Gasteiger partial charge >= 0.3 is 5.97 Å². The zero-order valence-electron chi connectivity index (χ0n) is 15.4. The fourth-order valence-corrected chi connectivity index (χ4v) is 2.75. The van der Waals surface area contributed by atoms with Crippen LogP contribution in [-0.4, -0.2) is 20.5 Å². The number of hydrogen-bond acceptors (Lipinski definition) is 4. The summed E-state index contributed by atoms with van der Waals surface area (Å²) in [6.45, 7) is 8.33. The number of aliphatic carboxylic acids is 1. The molecular weight excluding hydrogens is 328 g/mol. The molecule has 2 aromatic heterocycles. The highest BCUT2D eigenvalue weighted by Crippen LogP contribution is 2.33. The molecule has 0 amide bonds. The number of benzene rings is 1. The van der Waals surface area contributed by atoms with Crippen LogP contribution in [0.3, 0.4) is 0 Å². The van der Waals surface area contributed by atoms with Gasteiger partial charge in [0.25, 0.3) is 0 Å². The number of azo groups is 1. The van der Waals surface area contributed by atoms with Crippen molar-refractivity contribution in [1.29, 1.82) is 0 Å². The largest absolute Gasteiger partial charge is 0.481 e. The third-order valence-electron chi connectivity index (χ3n) is 4.08. The van der Waals surface area contributed by atoms with Gasteiger partial charge in [0.05, 0.1) is 17.8 Å². The Labute approximate surface area is 152 Å². The van der Waals surface area contributed by atoms with Crippen LogP contribution in [0, 0.1) is 6.92 Å². The Bertz CT molecular complexity index is 979. The number of fused-ring (bicyclic) bond motifs is 1. The van der Waals surface area contributed by atoms with Crippen molar-refractivity contribution in [1.82, 2.24) is 9.38 Å². The summed E-state index contributed by atoms with van der Waals surface area (Å²) in [6, 6.07) is 11.0. The van der Waals surface area contributed by atoms with Crippen LogP contribution < -0.4 is 0 Å². The molecule has 1 N–H and O–H groups in total. The molecule has 26 heavy (non-hydrogen) atoms. The number of carboxylic acids is 1. The zero-order valence-corrected chi connectivity index (χ0v) is 15.4. The smallest absolute Gasteiger partial charge is 0.307 e. The molecule has 3 aromatic rings. The van der Waals surface area contributed by atoms with Crippen LogP contribution in [-0.2, 0) is 16.6 Å². The lowest BCUT2D eigenvalue weighted by molar-refractivity contribution is -0.136. The third kappa shape index (κ3) is 3.64.